The zero-order valence-electron chi connectivity index (χ0n) is 12.4. The molecule has 1 amide bonds. The lowest BCUT2D eigenvalue weighted by atomic mass is 9.91. The van der Waals surface area contributed by atoms with Crippen LogP contribution >= 0.6 is 0 Å². The summed E-state index contributed by atoms with van der Waals surface area (Å²) in [5.74, 6) is 0.566. The molecule has 1 aromatic rings. The Morgan fingerprint density at radius 3 is 3.00 bits per heavy atom. The van der Waals surface area contributed by atoms with E-state index in [2.05, 4.69) is 17.1 Å². The van der Waals surface area contributed by atoms with Crippen molar-refractivity contribution in [1.82, 2.24) is 4.90 Å². The van der Waals surface area contributed by atoms with Gasteiger partial charge in [0.1, 0.15) is 0 Å². The molecule has 0 bridgehead atoms. The predicted octanol–water partition coefficient (Wildman–Crippen LogP) is 1.99. The van der Waals surface area contributed by atoms with Gasteiger partial charge in [0, 0.05) is 24.8 Å². The number of piperidine rings is 1. The van der Waals surface area contributed by atoms with Gasteiger partial charge < -0.3 is 11.1 Å². The zero-order chi connectivity index (χ0) is 14.5. The monoisotopic (exact) mass is 275 g/mol. The van der Waals surface area contributed by atoms with Crippen LogP contribution in [0.3, 0.4) is 0 Å². The first-order valence-corrected chi connectivity index (χ1v) is 7.43. The highest BCUT2D eigenvalue weighted by Crippen LogP contribution is 2.18. The molecule has 3 N–H and O–H groups in total. The Labute approximate surface area is 121 Å². The minimum absolute atomic E-state index is 0.0564. The van der Waals surface area contributed by atoms with Gasteiger partial charge in [-0.3, -0.25) is 9.69 Å². The molecule has 0 radical (unpaired) electrons. The predicted molar refractivity (Wildman–Crippen MR) is 82.6 cm³/mol. The summed E-state index contributed by atoms with van der Waals surface area (Å²) in [7, 11) is 0. The number of hydrogen-bond acceptors (Lipinski definition) is 3. The number of rotatable bonds is 4. The Bertz CT molecular complexity index is 461. The Morgan fingerprint density at radius 2 is 2.30 bits per heavy atom. The fraction of sp³-hybridized carbons (Fsp3) is 0.562. The Kier molecular flexibility index (Phi) is 5.15. The van der Waals surface area contributed by atoms with E-state index in [4.69, 9.17) is 5.73 Å². The maximum Gasteiger partial charge on any atom is 0.238 e. The second kappa shape index (κ2) is 6.86. The first-order valence-electron chi connectivity index (χ1n) is 7.43. The van der Waals surface area contributed by atoms with Gasteiger partial charge in [0.15, 0.2) is 0 Å². The molecule has 0 aromatic heterocycles. The molecule has 1 saturated heterocycles. The SMILES string of the molecule is CCC1CN(CC(=O)Nc2cccc(C)c2)CCC1N. The van der Waals surface area contributed by atoms with E-state index >= 15 is 0 Å². The zero-order valence-corrected chi connectivity index (χ0v) is 12.4. The molecule has 2 atom stereocenters. The molecule has 4 nitrogen and oxygen atoms in total. The number of benzene rings is 1. The van der Waals surface area contributed by atoms with Crippen molar-refractivity contribution in [1.29, 1.82) is 0 Å². The Morgan fingerprint density at radius 1 is 1.50 bits per heavy atom. The van der Waals surface area contributed by atoms with Gasteiger partial charge in [-0.2, -0.15) is 0 Å². The van der Waals surface area contributed by atoms with E-state index < -0.39 is 0 Å². The van der Waals surface area contributed by atoms with Gasteiger partial charge in [-0.15, -0.1) is 0 Å². The molecule has 0 saturated carbocycles. The van der Waals surface area contributed by atoms with Gasteiger partial charge in [0.05, 0.1) is 6.54 Å². The van der Waals surface area contributed by atoms with Gasteiger partial charge in [0.25, 0.3) is 0 Å². The topological polar surface area (TPSA) is 58.4 Å². The second-order valence-electron chi connectivity index (χ2n) is 5.77. The highest BCUT2D eigenvalue weighted by molar-refractivity contribution is 5.92. The number of nitrogens with one attached hydrogen (secondary N) is 1. The average molecular weight is 275 g/mol. The van der Waals surface area contributed by atoms with Crippen molar-refractivity contribution in [2.24, 2.45) is 11.7 Å². The molecule has 2 rings (SSSR count). The van der Waals surface area contributed by atoms with Crippen LogP contribution in [-0.2, 0) is 4.79 Å². The van der Waals surface area contributed by atoms with Crippen LogP contribution in [-0.4, -0.2) is 36.5 Å². The third-order valence-electron chi connectivity index (χ3n) is 4.07. The van der Waals surface area contributed by atoms with Crippen LogP contribution in [0, 0.1) is 12.8 Å². The molecule has 20 heavy (non-hydrogen) atoms. The number of amides is 1. The highest BCUT2D eigenvalue weighted by Gasteiger charge is 2.26. The highest BCUT2D eigenvalue weighted by atomic mass is 16.2. The van der Waals surface area contributed by atoms with Crippen molar-refractivity contribution >= 4 is 11.6 Å². The van der Waals surface area contributed by atoms with E-state index in [1.54, 1.807) is 0 Å². The summed E-state index contributed by atoms with van der Waals surface area (Å²) < 4.78 is 0. The van der Waals surface area contributed by atoms with Crippen molar-refractivity contribution in [2.75, 3.05) is 25.0 Å². The van der Waals surface area contributed by atoms with Crippen molar-refractivity contribution < 1.29 is 4.79 Å². The molecule has 0 spiro atoms. The quantitative estimate of drug-likeness (QED) is 0.883. The van der Waals surface area contributed by atoms with Crippen molar-refractivity contribution in [3.05, 3.63) is 29.8 Å². The van der Waals surface area contributed by atoms with E-state index in [1.165, 1.54) is 0 Å². The lowest BCUT2D eigenvalue weighted by Crippen LogP contribution is -2.48. The van der Waals surface area contributed by atoms with Crippen LogP contribution in [0.25, 0.3) is 0 Å². The van der Waals surface area contributed by atoms with Crippen LogP contribution in [0.4, 0.5) is 5.69 Å². The Balaban J connectivity index is 1.85. The van der Waals surface area contributed by atoms with Crippen LogP contribution in [0.15, 0.2) is 24.3 Å². The van der Waals surface area contributed by atoms with E-state index in [-0.39, 0.29) is 11.9 Å². The molecular formula is C16H25N3O. The summed E-state index contributed by atoms with van der Waals surface area (Å²) in [5, 5.41) is 2.96. The maximum atomic E-state index is 12.1. The van der Waals surface area contributed by atoms with Crippen LogP contribution in [0.5, 0.6) is 0 Å². The number of aryl methyl sites for hydroxylation is 1. The molecule has 0 aliphatic carbocycles. The number of likely N-dealkylation sites (tertiary alicyclic amines) is 1. The van der Waals surface area contributed by atoms with E-state index in [9.17, 15) is 4.79 Å². The van der Waals surface area contributed by atoms with Gasteiger partial charge in [-0.1, -0.05) is 25.5 Å². The van der Waals surface area contributed by atoms with E-state index in [0.717, 1.165) is 37.2 Å². The van der Waals surface area contributed by atoms with E-state index in [1.807, 2.05) is 31.2 Å². The summed E-state index contributed by atoms with van der Waals surface area (Å²) in [5.41, 5.74) is 8.12. The third-order valence-corrected chi connectivity index (χ3v) is 4.07. The first-order chi connectivity index (χ1) is 9.58. The minimum atomic E-state index is 0.0564. The molecule has 1 aliphatic heterocycles. The van der Waals surface area contributed by atoms with Crippen molar-refractivity contribution in [2.45, 2.75) is 32.7 Å². The summed E-state index contributed by atoms with van der Waals surface area (Å²) >= 11 is 0. The molecule has 4 heteroatoms. The summed E-state index contributed by atoms with van der Waals surface area (Å²) in [6.45, 7) is 6.49. The van der Waals surface area contributed by atoms with Gasteiger partial charge >= 0.3 is 0 Å². The van der Waals surface area contributed by atoms with Crippen molar-refractivity contribution in [3.63, 3.8) is 0 Å². The lowest BCUT2D eigenvalue weighted by Gasteiger charge is -2.36. The normalized spacial score (nSPS) is 23.6. The number of hydrogen-bond donors (Lipinski definition) is 2. The lowest BCUT2D eigenvalue weighted by molar-refractivity contribution is -0.117. The maximum absolute atomic E-state index is 12.1. The van der Waals surface area contributed by atoms with Gasteiger partial charge in [-0.05, 0) is 37.0 Å². The minimum Gasteiger partial charge on any atom is -0.327 e. The summed E-state index contributed by atoms with van der Waals surface area (Å²) in [4.78, 5) is 14.3. The number of carbonyl (C=O) groups excluding carboxylic acids is 1. The smallest absolute Gasteiger partial charge is 0.238 e. The Hall–Kier alpha value is -1.39. The number of carbonyl (C=O) groups is 1. The summed E-state index contributed by atoms with van der Waals surface area (Å²) in [6, 6.07) is 8.17. The van der Waals surface area contributed by atoms with Crippen LogP contribution in [0.2, 0.25) is 0 Å². The van der Waals surface area contributed by atoms with Gasteiger partial charge in [-0.25, -0.2) is 0 Å². The molecule has 1 fully saturated rings. The molecule has 1 aromatic carbocycles. The second-order valence-corrected chi connectivity index (χ2v) is 5.77. The first kappa shape index (κ1) is 15.0. The van der Waals surface area contributed by atoms with Crippen molar-refractivity contribution in [3.8, 4) is 0 Å². The number of nitrogens with zero attached hydrogens (tertiary/aromatic N) is 1. The van der Waals surface area contributed by atoms with Crippen LogP contribution in [0.1, 0.15) is 25.3 Å². The number of nitrogens with two attached hydrogens (primary N) is 1. The fourth-order valence-corrected chi connectivity index (χ4v) is 2.83. The number of anilines is 1. The molecular weight excluding hydrogens is 250 g/mol. The van der Waals surface area contributed by atoms with Crippen LogP contribution < -0.4 is 11.1 Å². The average Bonchev–Trinajstić information content (AvgIpc) is 2.41. The molecule has 1 heterocycles. The third kappa shape index (κ3) is 4.05. The molecule has 2 unspecified atom stereocenters. The molecule has 110 valence electrons. The van der Waals surface area contributed by atoms with Gasteiger partial charge in [0.2, 0.25) is 5.91 Å². The standard InChI is InChI=1S/C16H25N3O/c1-3-13-10-19(8-7-15(13)17)11-16(20)18-14-6-4-5-12(2)9-14/h4-6,9,13,15H,3,7-8,10-11,17H2,1-2H3,(H,18,20). The fourth-order valence-electron chi connectivity index (χ4n) is 2.83. The largest absolute Gasteiger partial charge is 0.327 e. The summed E-state index contributed by atoms with van der Waals surface area (Å²) in [6.07, 6.45) is 2.06. The molecule has 1 aliphatic rings. The van der Waals surface area contributed by atoms with E-state index in [0.29, 0.717) is 12.5 Å².